The zero-order chi connectivity index (χ0) is 11.3. The third-order valence-electron chi connectivity index (χ3n) is 1.83. The number of benzene rings is 1. The number of carbonyl (C=O) groups is 1. The number of ether oxygens (including phenoxy) is 1. The number of carboxylic acids is 1. The van der Waals surface area contributed by atoms with Crippen LogP contribution < -0.4 is 4.74 Å². The quantitative estimate of drug-likeness (QED) is 0.856. The highest BCUT2D eigenvalue weighted by Crippen LogP contribution is 2.25. The van der Waals surface area contributed by atoms with E-state index in [0.717, 1.165) is 21.9 Å². The lowest BCUT2D eigenvalue weighted by atomic mass is 10.1. The summed E-state index contributed by atoms with van der Waals surface area (Å²) in [5.41, 5.74) is 1.03. The molecular formula is C11H11BrO3. The van der Waals surface area contributed by atoms with Crippen molar-refractivity contribution in [1.29, 1.82) is 0 Å². The van der Waals surface area contributed by atoms with Gasteiger partial charge in [0, 0.05) is 6.08 Å². The molecule has 0 heterocycles. The fraction of sp³-hybridized carbons (Fsp3) is 0.182. The molecule has 0 aliphatic carbocycles. The molecule has 15 heavy (non-hydrogen) atoms. The number of methoxy groups -OCH3 is 1. The Balaban J connectivity index is 2.71. The van der Waals surface area contributed by atoms with Crippen LogP contribution in [0.4, 0.5) is 0 Å². The first-order valence-corrected chi connectivity index (χ1v) is 5.14. The normalized spacial score (nSPS) is 10.5. The molecule has 0 aliphatic rings. The van der Waals surface area contributed by atoms with Crippen LogP contribution in [0.3, 0.4) is 0 Å². The second-order valence-corrected chi connectivity index (χ2v) is 3.77. The van der Waals surface area contributed by atoms with E-state index in [1.54, 1.807) is 13.2 Å². The molecule has 0 fully saturated rings. The van der Waals surface area contributed by atoms with Gasteiger partial charge in [-0.2, -0.15) is 0 Å². The molecule has 0 saturated heterocycles. The first kappa shape index (κ1) is 11.8. The highest BCUT2D eigenvalue weighted by molar-refractivity contribution is 9.10. The van der Waals surface area contributed by atoms with E-state index in [1.165, 1.54) is 0 Å². The molecule has 1 N–H and O–H groups in total. The minimum absolute atomic E-state index is 0.592. The van der Waals surface area contributed by atoms with Gasteiger partial charge in [0.05, 0.1) is 11.6 Å². The minimum atomic E-state index is -0.928. The standard InChI is InChI=1S/C11H11BrO3/c1-15-10-6-5-8(7-9(10)12)3-2-4-11(13)14/h2,4-7H,3H2,1H3,(H,13,14)/b4-2+. The molecule has 1 aromatic carbocycles. The Kier molecular flexibility index (Phi) is 4.37. The molecular weight excluding hydrogens is 260 g/mol. The van der Waals surface area contributed by atoms with Gasteiger partial charge < -0.3 is 9.84 Å². The first-order chi connectivity index (χ1) is 7.13. The van der Waals surface area contributed by atoms with Gasteiger partial charge in [-0.25, -0.2) is 4.79 Å². The topological polar surface area (TPSA) is 46.5 Å². The Hall–Kier alpha value is -1.29. The van der Waals surface area contributed by atoms with Gasteiger partial charge in [-0.15, -0.1) is 0 Å². The fourth-order valence-electron chi connectivity index (χ4n) is 1.13. The summed E-state index contributed by atoms with van der Waals surface area (Å²) in [4.78, 5) is 10.2. The van der Waals surface area contributed by atoms with Crippen LogP contribution in [0.1, 0.15) is 5.56 Å². The van der Waals surface area contributed by atoms with Crippen LogP contribution in [-0.4, -0.2) is 18.2 Å². The van der Waals surface area contributed by atoms with Crippen LogP contribution in [0.15, 0.2) is 34.8 Å². The van der Waals surface area contributed by atoms with Crippen molar-refractivity contribution < 1.29 is 14.6 Å². The van der Waals surface area contributed by atoms with Crippen molar-refractivity contribution in [2.24, 2.45) is 0 Å². The van der Waals surface area contributed by atoms with E-state index in [2.05, 4.69) is 15.9 Å². The Morgan fingerprint density at radius 2 is 2.33 bits per heavy atom. The Morgan fingerprint density at radius 3 is 2.87 bits per heavy atom. The summed E-state index contributed by atoms with van der Waals surface area (Å²) in [7, 11) is 1.60. The number of hydrogen-bond donors (Lipinski definition) is 1. The van der Waals surface area contributed by atoms with E-state index < -0.39 is 5.97 Å². The number of rotatable bonds is 4. The van der Waals surface area contributed by atoms with E-state index in [0.29, 0.717) is 6.42 Å². The molecule has 3 nitrogen and oxygen atoms in total. The minimum Gasteiger partial charge on any atom is -0.496 e. The Labute approximate surface area is 96.5 Å². The number of aliphatic carboxylic acids is 1. The zero-order valence-electron chi connectivity index (χ0n) is 8.24. The Bertz CT molecular complexity index is 385. The van der Waals surface area contributed by atoms with Gasteiger partial charge in [0.1, 0.15) is 5.75 Å². The van der Waals surface area contributed by atoms with E-state index >= 15 is 0 Å². The van der Waals surface area contributed by atoms with E-state index in [4.69, 9.17) is 9.84 Å². The lowest BCUT2D eigenvalue weighted by Crippen LogP contribution is -1.89. The molecule has 0 bridgehead atoms. The van der Waals surface area contributed by atoms with E-state index in [1.807, 2.05) is 18.2 Å². The van der Waals surface area contributed by atoms with Crippen molar-refractivity contribution in [1.82, 2.24) is 0 Å². The lowest BCUT2D eigenvalue weighted by Gasteiger charge is -2.04. The van der Waals surface area contributed by atoms with Crippen LogP contribution in [-0.2, 0) is 11.2 Å². The summed E-state index contributed by atoms with van der Waals surface area (Å²) in [5.74, 6) is -0.163. The molecule has 0 atom stereocenters. The van der Waals surface area contributed by atoms with Crippen LogP contribution in [0.25, 0.3) is 0 Å². The average Bonchev–Trinajstić information content (AvgIpc) is 2.17. The van der Waals surface area contributed by atoms with Crippen molar-refractivity contribution in [2.75, 3.05) is 7.11 Å². The molecule has 0 unspecified atom stereocenters. The van der Waals surface area contributed by atoms with Crippen LogP contribution in [0, 0.1) is 0 Å². The molecule has 0 aliphatic heterocycles. The number of halogens is 1. The van der Waals surface area contributed by atoms with Gasteiger partial charge >= 0.3 is 5.97 Å². The highest BCUT2D eigenvalue weighted by Gasteiger charge is 1.99. The van der Waals surface area contributed by atoms with Crippen LogP contribution in [0.5, 0.6) is 5.75 Å². The van der Waals surface area contributed by atoms with Crippen molar-refractivity contribution in [3.05, 3.63) is 40.4 Å². The van der Waals surface area contributed by atoms with Gasteiger partial charge in [0.2, 0.25) is 0 Å². The molecule has 4 heteroatoms. The SMILES string of the molecule is COc1ccc(C/C=C/C(=O)O)cc1Br. The average molecular weight is 271 g/mol. The Morgan fingerprint density at radius 1 is 1.60 bits per heavy atom. The molecule has 1 rings (SSSR count). The van der Waals surface area contributed by atoms with Crippen molar-refractivity contribution in [3.63, 3.8) is 0 Å². The molecule has 0 saturated carbocycles. The fourth-order valence-corrected chi connectivity index (χ4v) is 1.72. The summed E-state index contributed by atoms with van der Waals surface area (Å²) >= 11 is 3.36. The number of hydrogen-bond acceptors (Lipinski definition) is 2. The van der Waals surface area contributed by atoms with Crippen LogP contribution in [0.2, 0.25) is 0 Å². The van der Waals surface area contributed by atoms with E-state index in [-0.39, 0.29) is 0 Å². The van der Waals surface area contributed by atoms with Gasteiger partial charge in [0.25, 0.3) is 0 Å². The smallest absolute Gasteiger partial charge is 0.327 e. The third-order valence-corrected chi connectivity index (χ3v) is 2.45. The lowest BCUT2D eigenvalue weighted by molar-refractivity contribution is -0.131. The second kappa shape index (κ2) is 5.56. The molecule has 0 aromatic heterocycles. The van der Waals surface area contributed by atoms with Gasteiger partial charge in [-0.1, -0.05) is 12.1 Å². The zero-order valence-corrected chi connectivity index (χ0v) is 9.82. The maximum atomic E-state index is 10.2. The summed E-state index contributed by atoms with van der Waals surface area (Å²) < 4.78 is 5.95. The summed E-state index contributed by atoms with van der Waals surface area (Å²) in [6, 6.07) is 5.65. The summed E-state index contributed by atoms with van der Waals surface area (Å²) in [6.45, 7) is 0. The maximum absolute atomic E-state index is 10.2. The molecule has 1 aromatic rings. The van der Waals surface area contributed by atoms with Crippen molar-refractivity contribution in [3.8, 4) is 5.75 Å². The van der Waals surface area contributed by atoms with Gasteiger partial charge in [0.15, 0.2) is 0 Å². The molecule has 0 radical (unpaired) electrons. The summed E-state index contributed by atoms with van der Waals surface area (Å²) in [5, 5.41) is 8.41. The first-order valence-electron chi connectivity index (χ1n) is 4.35. The maximum Gasteiger partial charge on any atom is 0.327 e. The second-order valence-electron chi connectivity index (χ2n) is 2.91. The molecule has 80 valence electrons. The predicted octanol–water partition coefficient (Wildman–Crippen LogP) is 2.64. The molecule has 0 spiro atoms. The monoisotopic (exact) mass is 270 g/mol. The van der Waals surface area contributed by atoms with Crippen LogP contribution >= 0.6 is 15.9 Å². The summed E-state index contributed by atoms with van der Waals surface area (Å²) in [6.07, 6.45) is 3.34. The third kappa shape index (κ3) is 3.75. The largest absolute Gasteiger partial charge is 0.496 e. The number of carboxylic acid groups (broad SMARTS) is 1. The van der Waals surface area contributed by atoms with E-state index in [9.17, 15) is 4.79 Å². The highest BCUT2D eigenvalue weighted by atomic mass is 79.9. The van der Waals surface area contributed by atoms with Gasteiger partial charge in [-0.05, 0) is 40.0 Å². The molecule has 0 amide bonds. The van der Waals surface area contributed by atoms with Crippen molar-refractivity contribution in [2.45, 2.75) is 6.42 Å². The predicted molar refractivity (Wildman–Crippen MR) is 61.2 cm³/mol. The van der Waals surface area contributed by atoms with Gasteiger partial charge in [-0.3, -0.25) is 0 Å². The number of allylic oxidation sites excluding steroid dienone is 1. The van der Waals surface area contributed by atoms with Crippen molar-refractivity contribution >= 4 is 21.9 Å².